The highest BCUT2D eigenvalue weighted by molar-refractivity contribution is 6.05. The van der Waals surface area contributed by atoms with Gasteiger partial charge in [-0.25, -0.2) is 4.98 Å². The van der Waals surface area contributed by atoms with Crippen molar-refractivity contribution >= 4 is 22.5 Å². The fraction of sp³-hybridized carbons (Fsp3) is 0.581. The van der Waals surface area contributed by atoms with Gasteiger partial charge >= 0.3 is 12.5 Å². The number of benzene rings is 1. The number of nitrogens with one attached hydrogen (secondary N) is 2. The Kier molecular flexibility index (Phi) is 8.72. The lowest BCUT2D eigenvalue weighted by Gasteiger charge is -2.44. The number of anilines is 1. The second kappa shape index (κ2) is 12.4. The molecule has 1 saturated carbocycles. The van der Waals surface area contributed by atoms with Crippen molar-refractivity contribution < 1.29 is 35.9 Å². The van der Waals surface area contributed by atoms with E-state index in [-0.39, 0.29) is 17.2 Å². The Labute approximate surface area is 256 Å². The number of likely N-dealkylation sites (tertiary alicyclic amines) is 1. The Morgan fingerprint density at radius 2 is 1.71 bits per heavy atom. The third kappa shape index (κ3) is 7.54. The zero-order chi connectivity index (χ0) is 31.8. The van der Waals surface area contributed by atoms with Crippen LogP contribution >= 0.6 is 0 Å². The van der Waals surface area contributed by atoms with Crippen LogP contribution in [-0.4, -0.2) is 64.7 Å². The predicted octanol–water partition coefficient (Wildman–Crippen LogP) is 6.80. The molecule has 8 nitrogen and oxygen atoms in total. The van der Waals surface area contributed by atoms with Gasteiger partial charge in [0.1, 0.15) is 11.4 Å². The first-order chi connectivity index (χ1) is 21.4. The average molecular weight is 639 g/mol. The molecule has 14 heteroatoms. The van der Waals surface area contributed by atoms with Crippen LogP contribution in [0.3, 0.4) is 0 Å². The van der Waals surface area contributed by atoms with E-state index in [0.717, 1.165) is 63.8 Å². The van der Waals surface area contributed by atoms with Crippen LogP contribution in [0.25, 0.3) is 10.9 Å². The van der Waals surface area contributed by atoms with E-state index in [1.165, 1.54) is 44.6 Å². The topological polar surface area (TPSA) is 84.3 Å². The molecular formula is C31H36F6N6O2. The number of amides is 1. The number of carbonyl (C=O) groups excluding carboxylic acids is 1. The van der Waals surface area contributed by atoms with E-state index in [2.05, 4.69) is 30.4 Å². The molecule has 0 unspecified atom stereocenters. The van der Waals surface area contributed by atoms with Crippen LogP contribution in [0, 0.1) is 11.3 Å². The van der Waals surface area contributed by atoms with Gasteiger partial charge in [-0.1, -0.05) is 6.07 Å². The number of nitrogens with zero attached hydrogens (tertiary/aromatic N) is 4. The van der Waals surface area contributed by atoms with Crippen LogP contribution in [0.4, 0.5) is 32.0 Å². The second-order valence-electron chi connectivity index (χ2n) is 12.6. The fourth-order valence-electron chi connectivity index (χ4n) is 7.13. The number of piperidine rings is 2. The summed E-state index contributed by atoms with van der Waals surface area (Å²) in [4.78, 5) is 18.6. The van der Waals surface area contributed by atoms with Crippen molar-refractivity contribution in [2.75, 3.05) is 38.0 Å². The number of halogens is 6. The van der Waals surface area contributed by atoms with Crippen LogP contribution in [0.15, 0.2) is 36.5 Å². The Balaban J connectivity index is 1.12. The maximum Gasteiger partial charge on any atom is 0.573 e. The quantitative estimate of drug-likeness (QED) is 0.289. The molecule has 2 saturated heterocycles. The molecular weight excluding hydrogens is 602 g/mol. The van der Waals surface area contributed by atoms with E-state index in [4.69, 9.17) is 0 Å². The number of alkyl halides is 6. The summed E-state index contributed by atoms with van der Waals surface area (Å²) in [5.41, 5.74) is -1.49. The second-order valence-corrected chi connectivity index (χ2v) is 12.6. The molecule has 1 amide bonds. The van der Waals surface area contributed by atoms with Crippen molar-refractivity contribution in [3.63, 3.8) is 0 Å². The summed E-state index contributed by atoms with van der Waals surface area (Å²) in [5, 5.41) is 10.7. The largest absolute Gasteiger partial charge is 0.573 e. The van der Waals surface area contributed by atoms with Crippen molar-refractivity contribution in [2.45, 2.75) is 69.9 Å². The summed E-state index contributed by atoms with van der Waals surface area (Å²) < 4.78 is 84.9. The van der Waals surface area contributed by atoms with Crippen molar-refractivity contribution in [1.82, 2.24) is 25.0 Å². The number of carbonyl (C=O) groups is 1. The summed E-state index contributed by atoms with van der Waals surface area (Å²) in [6.07, 6.45) is 1.27. The molecule has 3 aliphatic rings. The van der Waals surface area contributed by atoms with Gasteiger partial charge in [-0.05, 0) is 94.0 Å². The average Bonchev–Trinajstić information content (AvgIpc) is 3.41. The summed E-state index contributed by atoms with van der Waals surface area (Å²) in [5.74, 6) is -1.13. The van der Waals surface area contributed by atoms with E-state index in [1.54, 1.807) is 10.9 Å². The minimum absolute atomic E-state index is 0.0531. The number of hydrogen-bond donors (Lipinski definition) is 2. The van der Waals surface area contributed by atoms with Gasteiger partial charge in [-0.15, -0.1) is 13.2 Å². The van der Waals surface area contributed by atoms with Crippen molar-refractivity contribution in [1.29, 1.82) is 0 Å². The Morgan fingerprint density at radius 3 is 2.38 bits per heavy atom. The van der Waals surface area contributed by atoms with Gasteiger partial charge in [0, 0.05) is 37.3 Å². The lowest BCUT2D eigenvalue weighted by atomic mass is 9.65. The molecule has 2 aromatic heterocycles. The van der Waals surface area contributed by atoms with Gasteiger partial charge in [-0.3, -0.25) is 9.48 Å². The summed E-state index contributed by atoms with van der Waals surface area (Å²) >= 11 is 0. The van der Waals surface area contributed by atoms with E-state index in [9.17, 15) is 31.1 Å². The molecule has 0 atom stereocenters. The molecule has 0 bridgehead atoms. The van der Waals surface area contributed by atoms with Gasteiger partial charge in [0.2, 0.25) is 0 Å². The van der Waals surface area contributed by atoms with E-state index in [1.807, 2.05) is 0 Å². The first kappa shape index (κ1) is 31.6. The Hall–Kier alpha value is -3.39. The molecule has 1 spiro atoms. The number of ether oxygens (including phenoxy) is 1. The number of rotatable bonds is 6. The molecule has 244 valence electrons. The van der Waals surface area contributed by atoms with Crippen LogP contribution in [-0.2, 0) is 6.18 Å². The minimum atomic E-state index is -5.08. The van der Waals surface area contributed by atoms with E-state index >= 15 is 0 Å². The first-order valence-corrected chi connectivity index (χ1v) is 15.4. The van der Waals surface area contributed by atoms with Crippen LogP contribution < -0.4 is 15.4 Å². The van der Waals surface area contributed by atoms with Crippen molar-refractivity contribution in [2.24, 2.45) is 11.3 Å². The Morgan fingerprint density at radius 1 is 1.00 bits per heavy atom. The fourth-order valence-corrected chi connectivity index (χ4v) is 7.13. The number of aromatic nitrogens is 3. The smallest absolute Gasteiger partial charge is 0.403 e. The van der Waals surface area contributed by atoms with Crippen LogP contribution in [0.5, 0.6) is 5.75 Å². The first-order valence-electron chi connectivity index (χ1n) is 15.4. The molecule has 4 heterocycles. The highest BCUT2D eigenvalue weighted by atomic mass is 19.4. The van der Waals surface area contributed by atoms with Gasteiger partial charge in [0.25, 0.3) is 5.91 Å². The van der Waals surface area contributed by atoms with Crippen molar-refractivity contribution in [3.05, 3.63) is 47.9 Å². The van der Waals surface area contributed by atoms with Gasteiger partial charge in [-0.2, -0.15) is 18.3 Å². The zero-order valence-electron chi connectivity index (χ0n) is 24.7. The Bertz CT molecular complexity index is 1500. The maximum atomic E-state index is 13.3. The number of pyridine rings is 1. The summed E-state index contributed by atoms with van der Waals surface area (Å²) in [6, 6.07) is 5.13. The molecule has 6 rings (SSSR count). The molecule has 3 fully saturated rings. The molecule has 0 radical (unpaired) electrons. The minimum Gasteiger partial charge on any atom is -0.403 e. The third-order valence-corrected chi connectivity index (χ3v) is 9.65. The van der Waals surface area contributed by atoms with Gasteiger partial charge < -0.3 is 20.3 Å². The van der Waals surface area contributed by atoms with E-state index < -0.39 is 35.6 Å². The molecule has 1 aliphatic carbocycles. The normalized spacial score (nSPS) is 20.5. The van der Waals surface area contributed by atoms with Crippen molar-refractivity contribution in [3.8, 4) is 5.75 Å². The number of fused-ring (bicyclic) bond motifs is 1. The van der Waals surface area contributed by atoms with E-state index in [0.29, 0.717) is 22.8 Å². The van der Waals surface area contributed by atoms with Gasteiger partial charge in [0.05, 0.1) is 17.2 Å². The SMILES string of the molecule is O=C(Nc1cc2cn(C3CCN(CC4CCC5(CCNCC5)CC4)CC3)nc2cc1OC(F)(F)F)c1cccc(C(F)(F)F)n1. The van der Waals surface area contributed by atoms with Crippen LogP contribution in [0.2, 0.25) is 0 Å². The summed E-state index contributed by atoms with van der Waals surface area (Å²) in [7, 11) is 0. The zero-order valence-corrected chi connectivity index (χ0v) is 24.7. The molecule has 45 heavy (non-hydrogen) atoms. The molecule has 1 aromatic carbocycles. The lowest BCUT2D eigenvalue weighted by Crippen LogP contribution is -2.42. The number of hydrogen-bond acceptors (Lipinski definition) is 6. The summed E-state index contributed by atoms with van der Waals surface area (Å²) in [6.45, 7) is 5.15. The lowest BCUT2D eigenvalue weighted by molar-refractivity contribution is -0.274. The highest BCUT2D eigenvalue weighted by Gasteiger charge is 2.37. The monoisotopic (exact) mass is 638 g/mol. The molecule has 3 aromatic rings. The van der Waals surface area contributed by atoms with Crippen LogP contribution in [0.1, 0.15) is 73.6 Å². The highest BCUT2D eigenvalue weighted by Crippen LogP contribution is 2.45. The molecule has 2 N–H and O–H groups in total. The maximum absolute atomic E-state index is 13.3. The predicted molar refractivity (Wildman–Crippen MR) is 155 cm³/mol. The van der Waals surface area contributed by atoms with Gasteiger partial charge in [0.15, 0.2) is 5.75 Å². The third-order valence-electron chi connectivity index (χ3n) is 9.65. The molecule has 2 aliphatic heterocycles. The standard InChI is InChI=1S/C31H36F6N6O2/c32-30(33,34)27-3-1-2-23(39-27)28(44)40-25-16-21-19-43(41-24(21)17-26(25)45-31(35,36)37)22-6-14-42(15-7-22)18-20-4-8-29(9-5-20)10-12-38-13-11-29/h1-3,16-17,19-20,22,38H,4-15,18H2,(H,40,44).